The first-order valence-corrected chi connectivity index (χ1v) is 6.66. The summed E-state index contributed by atoms with van der Waals surface area (Å²) in [6, 6.07) is 0.422. The third-order valence-corrected chi connectivity index (χ3v) is 3.56. The second-order valence-corrected chi connectivity index (χ2v) is 4.71. The van der Waals surface area contributed by atoms with Gasteiger partial charge < -0.3 is 14.6 Å². The molecular formula is C13H23N3O. The maximum Gasteiger partial charge on any atom is 0.0948 e. The van der Waals surface area contributed by atoms with Gasteiger partial charge in [-0.2, -0.15) is 0 Å². The van der Waals surface area contributed by atoms with Crippen molar-refractivity contribution in [2.45, 2.75) is 45.2 Å². The van der Waals surface area contributed by atoms with E-state index in [1.807, 2.05) is 12.5 Å². The first kappa shape index (κ1) is 12.6. The molecule has 0 aromatic carbocycles. The molecule has 0 saturated carbocycles. The Labute approximate surface area is 103 Å². The number of rotatable bonds is 5. The molecule has 4 heteroatoms. The van der Waals surface area contributed by atoms with Gasteiger partial charge in [-0.15, -0.1) is 0 Å². The third-order valence-electron chi connectivity index (χ3n) is 3.56. The van der Waals surface area contributed by atoms with E-state index < -0.39 is 0 Å². The molecule has 1 aromatic heterocycles. The smallest absolute Gasteiger partial charge is 0.0948 e. The van der Waals surface area contributed by atoms with Gasteiger partial charge >= 0.3 is 0 Å². The standard InChI is InChI=1S/C13H23N3O/c1-3-11(4-2)13-7-14-10-16(13)8-12-9-17-6-5-15-12/h7,10-12,15H,3-6,8-9H2,1-2H3. The van der Waals surface area contributed by atoms with Crippen molar-refractivity contribution in [3.05, 3.63) is 18.2 Å². The van der Waals surface area contributed by atoms with Crippen LogP contribution < -0.4 is 5.32 Å². The molecule has 0 aliphatic carbocycles. The van der Waals surface area contributed by atoms with Crippen molar-refractivity contribution in [1.82, 2.24) is 14.9 Å². The third kappa shape index (κ3) is 3.07. The van der Waals surface area contributed by atoms with Crippen LogP contribution in [0, 0.1) is 0 Å². The van der Waals surface area contributed by atoms with Crippen LogP contribution in [0.4, 0.5) is 0 Å². The minimum atomic E-state index is 0.422. The predicted molar refractivity (Wildman–Crippen MR) is 68.2 cm³/mol. The maximum absolute atomic E-state index is 5.49. The second-order valence-electron chi connectivity index (χ2n) is 4.71. The van der Waals surface area contributed by atoms with E-state index in [0.29, 0.717) is 12.0 Å². The van der Waals surface area contributed by atoms with Crippen LogP contribution >= 0.6 is 0 Å². The van der Waals surface area contributed by atoms with Crippen molar-refractivity contribution in [2.75, 3.05) is 19.8 Å². The Morgan fingerprint density at radius 1 is 1.53 bits per heavy atom. The maximum atomic E-state index is 5.49. The first-order chi connectivity index (χ1) is 8.35. The number of aromatic nitrogens is 2. The SMILES string of the molecule is CCC(CC)c1cncn1CC1COCCN1. The van der Waals surface area contributed by atoms with Crippen molar-refractivity contribution in [1.29, 1.82) is 0 Å². The van der Waals surface area contributed by atoms with Crippen LogP contribution in [-0.4, -0.2) is 35.4 Å². The number of hydrogen-bond acceptors (Lipinski definition) is 3. The van der Waals surface area contributed by atoms with Gasteiger partial charge in [-0.25, -0.2) is 4.98 Å². The van der Waals surface area contributed by atoms with E-state index in [2.05, 4.69) is 28.7 Å². The molecule has 17 heavy (non-hydrogen) atoms. The van der Waals surface area contributed by atoms with Gasteiger partial charge in [0.15, 0.2) is 0 Å². The Morgan fingerprint density at radius 3 is 3.00 bits per heavy atom. The van der Waals surface area contributed by atoms with Gasteiger partial charge in [-0.05, 0) is 12.8 Å². The Kier molecular flexibility index (Phi) is 4.57. The van der Waals surface area contributed by atoms with E-state index in [4.69, 9.17) is 4.74 Å². The molecule has 1 aliphatic heterocycles. The fourth-order valence-corrected chi connectivity index (χ4v) is 2.50. The number of imidazole rings is 1. The summed E-state index contributed by atoms with van der Waals surface area (Å²) >= 11 is 0. The van der Waals surface area contributed by atoms with Crippen molar-refractivity contribution < 1.29 is 4.74 Å². The normalized spacial score (nSPS) is 21.0. The van der Waals surface area contributed by atoms with Gasteiger partial charge in [0.2, 0.25) is 0 Å². The van der Waals surface area contributed by atoms with Crippen LogP contribution in [-0.2, 0) is 11.3 Å². The zero-order valence-corrected chi connectivity index (χ0v) is 10.9. The molecule has 1 aliphatic rings. The van der Waals surface area contributed by atoms with Crippen LogP contribution in [0.25, 0.3) is 0 Å². The van der Waals surface area contributed by atoms with Gasteiger partial charge in [0.25, 0.3) is 0 Å². The van der Waals surface area contributed by atoms with Crippen LogP contribution in [0.15, 0.2) is 12.5 Å². The van der Waals surface area contributed by atoms with E-state index in [1.165, 1.54) is 18.5 Å². The molecule has 0 radical (unpaired) electrons. The zero-order chi connectivity index (χ0) is 12.1. The van der Waals surface area contributed by atoms with Gasteiger partial charge in [0, 0.05) is 36.9 Å². The van der Waals surface area contributed by atoms with Crippen molar-refractivity contribution in [3.63, 3.8) is 0 Å². The molecule has 0 bridgehead atoms. The van der Waals surface area contributed by atoms with Gasteiger partial charge in [0.05, 0.1) is 19.5 Å². The van der Waals surface area contributed by atoms with Gasteiger partial charge in [-0.3, -0.25) is 0 Å². The van der Waals surface area contributed by atoms with E-state index in [9.17, 15) is 0 Å². The summed E-state index contributed by atoms with van der Waals surface area (Å²) in [5.41, 5.74) is 1.36. The van der Waals surface area contributed by atoms with E-state index in [1.54, 1.807) is 0 Å². The number of nitrogens with one attached hydrogen (secondary N) is 1. The molecule has 1 fully saturated rings. The molecule has 0 amide bonds. The number of ether oxygens (including phenoxy) is 1. The molecule has 2 rings (SSSR count). The lowest BCUT2D eigenvalue weighted by Crippen LogP contribution is -2.44. The Balaban J connectivity index is 2.02. The van der Waals surface area contributed by atoms with Crippen molar-refractivity contribution >= 4 is 0 Å². The fraction of sp³-hybridized carbons (Fsp3) is 0.769. The lowest BCUT2D eigenvalue weighted by Gasteiger charge is -2.25. The number of morpholine rings is 1. The quantitative estimate of drug-likeness (QED) is 0.848. The molecule has 2 heterocycles. The molecule has 96 valence electrons. The summed E-state index contributed by atoms with van der Waals surface area (Å²) in [5, 5.41) is 3.49. The van der Waals surface area contributed by atoms with E-state index in [-0.39, 0.29) is 0 Å². The highest BCUT2D eigenvalue weighted by atomic mass is 16.5. The van der Waals surface area contributed by atoms with Crippen LogP contribution in [0.5, 0.6) is 0 Å². The average Bonchev–Trinajstić information content (AvgIpc) is 2.81. The van der Waals surface area contributed by atoms with Gasteiger partial charge in [0.1, 0.15) is 0 Å². The van der Waals surface area contributed by atoms with Crippen LogP contribution in [0.3, 0.4) is 0 Å². The Morgan fingerprint density at radius 2 is 2.35 bits per heavy atom. The van der Waals surface area contributed by atoms with E-state index in [0.717, 1.165) is 26.3 Å². The van der Waals surface area contributed by atoms with Crippen molar-refractivity contribution in [2.24, 2.45) is 0 Å². The number of hydrogen-bond donors (Lipinski definition) is 1. The molecule has 0 spiro atoms. The van der Waals surface area contributed by atoms with Crippen LogP contribution in [0.1, 0.15) is 38.3 Å². The lowest BCUT2D eigenvalue weighted by molar-refractivity contribution is 0.0710. The lowest BCUT2D eigenvalue weighted by atomic mass is 10.00. The second kappa shape index (κ2) is 6.17. The molecule has 1 unspecified atom stereocenters. The number of nitrogens with zero attached hydrogens (tertiary/aromatic N) is 2. The van der Waals surface area contributed by atoms with Crippen molar-refractivity contribution in [3.8, 4) is 0 Å². The minimum absolute atomic E-state index is 0.422. The Hall–Kier alpha value is -0.870. The molecule has 1 saturated heterocycles. The monoisotopic (exact) mass is 237 g/mol. The van der Waals surface area contributed by atoms with Gasteiger partial charge in [-0.1, -0.05) is 13.8 Å². The van der Waals surface area contributed by atoms with E-state index >= 15 is 0 Å². The largest absolute Gasteiger partial charge is 0.378 e. The minimum Gasteiger partial charge on any atom is -0.378 e. The summed E-state index contributed by atoms with van der Waals surface area (Å²) < 4.78 is 7.77. The fourth-order valence-electron chi connectivity index (χ4n) is 2.50. The molecule has 1 aromatic rings. The average molecular weight is 237 g/mol. The Bertz CT molecular complexity index is 327. The molecule has 1 N–H and O–H groups in total. The highest BCUT2D eigenvalue weighted by Gasteiger charge is 2.17. The highest BCUT2D eigenvalue weighted by Crippen LogP contribution is 2.22. The topological polar surface area (TPSA) is 39.1 Å². The summed E-state index contributed by atoms with van der Waals surface area (Å²) in [7, 11) is 0. The zero-order valence-electron chi connectivity index (χ0n) is 10.9. The molecular weight excluding hydrogens is 214 g/mol. The summed E-state index contributed by atoms with van der Waals surface area (Å²) in [6.45, 7) is 8.05. The summed E-state index contributed by atoms with van der Waals surface area (Å²) in [5.74, 6) is 0.627. The molecule has 1 atom stereocenters. The first-order valence-electron chi connectivity index (χ1n) is 6.66. The highest BCUT2D eigenvalue weighted by molar-refractivity contribution is 5.06. The summed E-state index contributed by atoms with van der Waals surface area (Å²) in [4.78, 5) is 4.30. The molecule has 4 nitrogen and oxygen atoms in total. The van der Waals surface area contributed by atoms with Crippen LogP contribution in [0.2, 0.25) is 0 Å². The predicted octanol–water partition coefficient (Wildman–Crippen LogP) is 1.78. The summed E-state index contributed by atoms with van der Waals surface area (Å²) in [6.07, 6.45) is 6.32.